The van der Waals surface area contributed by atoms with Crippen molar-refractivity contribution in [2.75, 3.05) is 10.2 Å². The standard InChI is InChI=1S/C20H15BrFN3O/c1-12-4-7-14(8-5-12)25-19(18-15(20(25)26)3-2-10-23-18)24-17-9-6-13(21)11-16(17)22/h2-11,19,24H,1H3. The number of fused-ring (bicyclic) bond motifs is 1. The van der Waals surface area contributed by atoms with Crippen LogP contribution in [0.15, 0.2) is 65.3 Å². The van der Waals surface area contributed by atoms with Crippen molar-refractivity contribution in [2.24, 2.45) is 0 Å². The fraction of sp³-hybridized carbons (Fsp3) is 0.100. The molecule has 1 N–H and O–H groups in total. The maximum atomic E-state index is 14.3. The smallest absolute Gasteiger partial charge is 0.262 e. The number of nitrogens with one attached hydrogen (secondary N) is 1. The van der Waals surface area contributed by atoms with Gasteiger partial charge < -0.3 is 5.32 Å². The molecular weight excluding hydrogens is 397 g/mol. The van der Waals surface area contributed by atoms with Crippen LogP contribution in [0, 0.1) is 12.7 Å². The fourth-order valence-electron chi connectivity index (χ4n) is 3.04. The predicted molar refractivity (Wildman–Crippen MR) is 103 cm³/mol. The highest BCUT2D eigenvalue weighted by Gasteiger charge is 2.39. The number of aromatic nitrogens is 1. The highest BCUT2D eigenvalue weighted by molar-refractivity contribution is 9.10. The molecule has 1 aliphatic rings. The van der Waals surface area contributed by atoms with E-state index in [9.17, 15) is 9.18 Å². The number of aryl methyl sites for hydroxylation is 1. The first-order valence-corrected chi connectivity index (χ1v) is 8.90. The van der Waals surface area contributed by atoms with Crippen LogP contribution >= 0.6 is 15.9 Å². The summed E-state index contributed by atoms with van der Waals surface area (Å²) in [7, 11) is 0. The maximum Gasteiger partial charge on any atom is 0.262 e. The number of anilines is 2. The van der Waals surface area contributed by atoms with Gasteiger partial charge in [0.25, 0.3) is 5.91 Å². The van der Waals surface area contributed by atoms with Gasteiger partial charge in [-0.15, -0.1) is 0 Å². The highest BCUT2D eigenvalue weighted by Crippen LogP contribution is 2.37. The molecule has 2 aromatic carbocycles. The number of hydrogen-bond acceptors (Lipinski definition) is 3. The summed E-state index contributed by atoms with van der Waals surface area (Å²) in [6.45, 7) is 1.98. The van der Waals surface area contributed by atoms with Crippen molar-refractivity contribution in [3.8, 4) is 0 Å². The van der Waals surface area contributed by atoms with E-state index in [2.05, 4.69) is 26.2 Å². The third-order valence-electron chi connectivity index (χ3n) is 4.34. The normalized spacial score (nSPS) is 15.9. The molecular formula is C20H15BrFN3O. The van der Waals surface area contributed by atoms with E-state index in [4.69, 9.17) is 0 Å². The van der Waals surface area contributed by atoms with Crippen LogP contribution in [0.2, 0.25) is 0 Å². The molecule has 0 saturated heterocycles. The summed E-state index contributed by atoms with van der Waals surface area (Å²) >= 11 is 3.26. The second-order valence-electron chi connectivity index (χ2n) is 6.12. The van der Waals surface area contributed by atoms with E-state index < -0.39 is 12.0 Å². The summed E-state index contributed by atoms with van der Waals surface area (Å²) < 4.78 is 15.0. The molecule has 0 aliphatic carbocycles. The van der Waals surface area contributed by atoms with Crippen molar-refractivity contribution in [3.05, 3.63) is 87.9 Å². The Morgan fingerprint density at radius 3 is 2.65 bits per heavy atom. The van der Waals surface area contributed by atoms with Gasteiger partial charge in [-0.2, -0.15) is 0 Å². The molecule has 26 heavy (non-hydrogen) atoms. The van der Waals surface area contributed by atoms with E-state index in [0.29, 0.717) is 21.4 Å². The van der Waals surface area contributed by atoms with E-state index in [1.54, 1.807) is 35.4 Å². The fourth-order valence-corrected chi connectivity index (χ4v) is 3.38. The van der Waals surface area contributed by atoms with Gasteiger partial charge in [0, 0.05) is 16.4 Å². The molecule has 6 heteroatoms. The van der Waals surface area contributed by atoms with Crippen LogP contribution in [0.3, 0.4) is 0 Å². The number of nitrogens with zero attached hydrogens (tertiary/aromatic N) is 2. The maximum absolute atomic E-state index is 14.3. The lowest BCUT2D eigenvalue weighted by Gasteiger charge is -2.27. The molecule has 0 bridgehead atoms. The first kappa shape index (κ1) is 16.7. The number of benzene rings is 2. The van der Waals surface area contributed by atoms with E-state index in [1.807, 2.05) is 31.2 Å². The van der Waals surface area contributed by atoms with Gasteiger partial charge >= 0.3 is 0 Å². The van der Waals surface area contributed by atoms with Crippen LogP contribution in [-0.2, 0) is 0 Å². The molecule has 0 spiro atoms. The molecule has 130 valence electrons. The number of carbonyl (C=O) groups excluding carboxylic acids is 1. The molecule has 1 amide bonds. The molecule has 4 rings (SSSR count). The van der Waals surface area contributed by atoms with E-state index in [0.717, 1.165) is 11.3 Å². The molecule has 0 fully saturated rings. The molecule has 0 radical (unpaired) electrons. The average Bonchev–Trinajstić information content (AvgIpc) is 2.91. The van der Waals surface area contributed by atoms with Crippen LogP contribution in [0.25, 0.3) is 0 Å². The van der Waals surface area contributed by atoms with Gasteiger partial charge in [-0.05, 0) is 49.4 Å². The van der Waals surface area contributed by atoms with Gasteiger partial charge in [0.15, 0.2) is 6.17 Å². The predicted octanol–water partition coefficient (Wildman–Crippen LogP) is 5.06. The van der Waals surface area contributed by atoms with Crippen molar-refractivity contribution in [3.63, 3.8) is 0 Å². The van der Waals surface area contributed by atoms with Crippen molar-refractivity contribution in [1.29, 1.82) is 0 Å². The minimum Gasteiger partial charge on any atom is -0.357 e. The molecule has 3 aromatic rings. The second-order valence-corrected chi connectivity index (χ2v) is 7.03. The average molecular weight is 412 g/mol. The summed E-state index contributed by atoms with van der Waals surface area (Å²) in [5.74, 6) is -0.563. The van der Waals surface area contributed by atoms with Gasteiger partial charge in [-0.3, -0.25) is 14.7 Å². The summed E-state index contributed by atoms with van der Waals surface area (Å²) in [4.78, 5) is 18.9. The lowest BCUT2D eigenvalue weighted by atomic mass is 10.2. The van der Waals surface area contributed by atoms with Gasteiger partial charge in [0.1, 0.15) is 5.82 Å². The van der Waals surface area contributed by atoms with Crippen LogP contribution in [0.4, 0.5) is 15.8 Å². The minimum atomic E-state index is -0.586. The van der Waals surface area contributed by atoms with Crippen molar-refractivity contribution < 1.29 is 9.18 Å². The summed E-state index contributed by atoms with van der Waals surface area (Å²) in [5.41, 5.74) is 3.23. The summed E-state index contributed by atoms with van der Waals surface area (Å²) in [6, 6.07) is 15.9. The number of hydrogen-bond donors (Lipinski definition) is 1. The van der Waals surface area contributed by atoms with Gasteiger partial charge in [0.05, 0.1) is 16.9 Å². The SMILES string of the molecule is Cc1ccc(N2C(=O)c3cccnc3C2Nc2ccc(Br)cc2F)cc1. The quantitative estimate of drug-likeness (QED) is 0.654. The Kier molecular flexibility index (Phi) is 4.20. The molecule has 4 nitrogen and oxygen atoms in total. The number of amides is 1. The zero-order chi connectivity index (χ0) is 18.3. The van der Waals surface area contributed by atoms with E-state index in [-0.39, 0.29) is 5.91 Å². The zero-order valence-electron chi connectivity index (χ0n) is 13.9. The number of pyridine rings is 1. The Bertz CT molecular complexity index is 991. The van der Waals surface area contributed by atoms with Crippen LogP contribution < -0.4 is 10.2 Å². The van der Waals surface area contributed by atoms with E-state index >= 15 is 0 Å². The highest BCUT2D eigenvalue weighted by atomic mass is 79.9. The largest absolute Gasteiger partial charge is 0.357 e. The monoisotopic (exact) mass is 411 g/mol. The summed E-state index contributed by atoms with van der Waals surface area (Å²) in [6.07, 6.45) is 1.05. The Morgan fingerprint density at radius 1 is 1.15 bits per heavy atom. The Hall–Kier alpha value is -2.73. The molecule has 0 saturated carbocycles. The van der Waals surface area contributed by atoms with Crippen molar-refractivity contribution in [2.45, 2.75) is 13.1 Å². The van der Waals surface area contributed by atoms with Crippen molar-refractivity contribution >= 4 is 33.2 Å². The van der Waals surface area contributed by atoms with Crippen LogP contribution in [-0.4, -0.2) is 10.9 Å². The zero-order valence-corrected chi connectivity index (χ0v) is 15.5. The topological polar surface area (TPSA) is 45.2 Å². The van der Waals surface area contributed by atoms with E-state index in [1.165, 1.54) is 6.07 Å². The van der Waals surface area contributed by atoms with Gasteiger partial charge in [-0.1, -0.05) is 33.6 Å². The van der Waals surface area contributed by atoms with Crippen LogP contribution in [0.1, 0.15) is 27.8 Å². The first-order chi connectivity index (χ1) is 12.5. The number of halogens is 2. The lowest BCUT2D eigenvalue weighted by Crippen LogP contribution is -2.32. The Labute approximate surface area is 158 Å². The molecule has 1 atom stereocenters. The summed E-state index contributed by atoms with van der Waals surface area (Å²) in [5, 5.41) is 3.13. The number of rotatable bonds is 3. The third kappa shape index (κ3) is 2.86. The minimum absolute atomic E-state index is 0.160. The van der Waals surface area contributed by atoms with Crippen LogP contribution in [0.5, 0.6) is 0 Å². The lowest BCUT2D eigenvalue weighted by molar-refractivity contribution is 0.0993. The number of carbonyl (C=O) groups is 1. The molecule has 1 aliphatic heterocycles. The van der Waals surface area contributed by atoms with Gasteiger partial charge in [-0.25, -0.2) is 4.39 Å². The third-order valence-corrected chi connectivity index (χ3v) is 4.83. The molecule has 1 unspecified atom stereocenters. The van der Waals surface area contributed by atoms with Crippen molar-refractivity contribution in [1.82, 2.24) is 4.98 Å². The second kappa shape index (κ2) is 6.53. The molecule has 1 aromatic heterocycles. The van der Waals surface area contributed by atoms with Gasteiger partial charge in [0.2, 0.25) is 0 Å². The Balaban J connectivity index is 1.79. The Morgan fingerprint density at radius 2 is 1.92 bits per heavy atom. The molecule has 2 heterocycles. The first-order valence-electron chi connectivity index (χ1n) is 8.11.